The minimum atomic E-state index is -3.95. The van der Waals surface area contributed by atoms with Gasteiger partial charge in [0.2, 0.25) is 0 Å². The van der Waals surface area contributed by atoms with E-state index in [1.165, 1.54) is 42.5 Å². The number of hydrogen-bond acceptors (Lipinski definition) is 3. The van der Waals surface area contributed by atoms with Gasteiger partial charge in [-0.15, -0.1) is 0 Å². The van der Waals surface area contributed by atoms with Crippen molar-refractivity contribution in [3.8, 4) is 5.69 Å². The van der Waals surface area contributed by atoms with E-state index < -0.39 is 15.9 Å². The van der Waals surface area contributed by atoms with Crippen LogP contribution >= 0.6 is 23.2 Å². The second kappa shape index (κ2) is 9.08. The lowest BCUT2D eigenvalue weighted by Crippen LogP contribution is -2.19. The number of rotatable bonds is 6. The third-order valence-electron chi connectivity index (χ3n) is 4.63. The molecular weight excluding hydrogens is 469 g/mol. The van der Waals surface area contributed by atoms with Gasteiger partial charge in [-0.1, -0.05) is 35.3 Å². The van der Waals surface area contributed by atoms with E-state index in [2.05, 4.69) is 10.0 Å². The van der Waals surface area contributed by atoms with E-state index in [-0.39, 0.29) is 16.1 Å². The van der Waals surface area contributed by atoms with Crippen LogP contribution in [0, 0.1) is 0 Å². The van der Waals surface area contributed by atoms with Crippen LogP contribution in [0.15, 0.2) is 96.2 Å². The highest BCUT2D eigenvalue weighted by Crippen LogP contribution is 2.27. The lowest BCUT2D eigenvalue weighted by Gasteiger charge is -2.15. The molecule has 6 nitrogen and oxygen atoms in total. The van der Waals surface area contributed by atoms with Crippen LogP contribution in [0.1, 0.15) is 10.4 Å². The maximum absolute atomic E-state index is 13.1. The number of para-hydroxylation sites is 2. The average molecular weight is 486 g/mol. The molecule has 0 aliphatic rings. The fourth-order valence-corrected chi connectivity index (χ4v) is 4.48. The molecule has 0 radical (unpaired) electrons. The summed E-state index contributed by atoms with van der Waals surface area (Å²) in [6.07, 6.45) is 3.71. The standard InChI is InChI=1S/C23H17Cl2N3O3S/c24-16-7-10-18(11-8-16)32(30,31)27-20-12-9-17(25)15-19(20)23(29)26-21-5-1-2-6-22(21)28-13-3-4-14-28/h1-15,27H,(H,26,29). The largest absolute Gasteiger partial charge is 0.322 e. The summed E-state index contributed by atoms with van der Waals surface area (Å²) in [6, 6.07) is 21.1. The summed E-state index contributed by atoms with van der Waals surface area (Å²) in [5.41, 5.74) is 1.49. The maximum atomic E-state index is 13.1. The first-order chi connectivity index (χ1) is 15.3. The van der Waals surface area contributed by atoms with Crippen LogP contribution in [-0.2, 0) is 10.0 Å². The lowest BCUT2D eigenvalue weighted by atomic mass is 10.1. The summed E-state index contributed by atoms with van der Waals surface area (Å²) in [5.74, 6) is -0.513. The van der Waals surface area contributed by atoms with Crippen molar-refractivity contribution in [2.75, 3.05) is 10.0 Å². The molecule has 32 heavy (non-hydrogen) atoms. The first-order valence-corrected chi connectivity index (χ1v) is 11.7. The van der Waals surface area contributed by atoms with Crippen LogP contribution in [0.2, 0.25) is 10.0 Å². The Morgan fingerprint density at radius 1 is 0.781 bits per heavy atom. The summed E-state index contributed by atoms with van der Waals surface area (Å²) in [7, 11) is -3.95. The predicted octanol–water partition coefficient (Wildman–Crippen LogP) is 5.84. The zero-order chi connectivity index (χ0) is 22.7. The number of amides is 1. The van der Waals surface area contributed by atoms with Gasteiger partial charge >= 0.3 is 0 Å². The minimum Gasteiger partial charge on any atom is -0.322 e. The molecule has 2 N–H and O–H groups in total. The van der Waals surface area contributed by atoms with Crippen molar-refractivity contribution < 1.29 is 13.2 Å². The Kier molecular flexibility index (Phi) is 6.23. The fraction of sp³-hybridized carbons (Fsp3) is 0. The second-order valence-corrected chi connectivity index (χ2v) is 9.37. The highest BCUT2D eigenvalue weighted by atomic mass is 35.5. The molecule has 4 rings (SSSR count). The van der Waals surface area contributed by atoms with E-state index in [1.807, 2.05) is 41.2 Å². The zero-order valence-corrected chi connectivity index (χ0v) is 18.8. The van der Waals surface area contributed by atoms with Crippen molar-refractivity contribution in [2.45, 2.75) is 4.90 Å². The maximum Gasteiger partial charge on any atom is 0.261 e. The monoisotopic (exact) mass is 485 g/mol. The Labute approximate surface area is 195 Å². The molecule has 0 aliphatic carbocycles. The van der Waals surface area contributed by atoms with Crippen LogP contribution in [-0.4, -0.2) is 18.9 Å². The molecule has 1 heterocycles. The van der Waals surface area contributed by atoms with Crippen LogP contribution in [0.4, 0.5) is 11.4 Å². The number of anilines is 2. The first-order valence-electron chi connectivity index (χ1n) is 9.45. The van der Waals surface area contributed by atoms with Crippen molar-refractivity contribution in [1.82, 2.24) is 4.57 Å². The van der Waals surface area contributed by atoms with Crippen LogP contribution in [0.3, 0.4) is 0 Å². The van der Waals surface area contributed by atoms with Gasteiger partial charge in [0.1, 0.15) is 0 Å². The number of nitrogens with zero attached hydrogens (tertiary/aromatic N) is 1. The van der Waals surface area contributed by atoms with E-state index in [0.29, 0.717) is 15.7 Å². The molecule has 0 unspecified atom stereocenters. The van der Waals surface area contributed by atoms with Gasteiger partial charge in [-0.2, -0.15) is 0 Å². The molecule has 3 aromatic carbocycles. The van der Waals surface area contributed by atoms with E-state index in [0.717, 1.165) is 5.69 Å². The van der Waals surface area contributed by atoms with E-state index >= 15 is 0 Å². The van der Waals surface area contributed by atoms with Crippen molar-refractivity contribution in [2.24, 2.45) is 0 Å². The normalized spacial score (nSPS) is 11.2. The van der Waals surface area contributed by atoms with Gasteiger partial charge < -0.3 is 9.88 Å². The van der Waals surface area contributed by atoms with Gasteiger partial charge in [-0.05, 0) is 66.7 Å². The second-order valence-electron chi connectivity index (χ2n) is 6.81. The van der Waals surface area contributed by atoms with Gasteiger partial charge in [-0.25, -0.2) is 8.42 Å². The van der Waals surface area contributed by atoms with Crippen molar-refractivity contribution >= 4 is 50.5 Å². The Hall–Kier alpha value is -3.26. The highest BCUT2D eigenvalue weighted by Gasteiger charge is 2.20. The average Bonchev–Trinajstić information content (AvgIpc) is 3.30. The fourth-order valence-electron chi connectivity index (χ4n) is 3.10. The van der Waals surface area contributed by atoms with Gasteiger partial charge in [0.15, 0.2) is 0 Å². The summed E-state index contributed by atoms with van der Waals surface area (Å²) in [6.45, 7) is 0. The highest BCUT2D eigenvalue weighted by molar-refractivity contribution is 7.92. The number of hydrogen-bond donors (Lipinski definition) is 2. The number of benzene rings is 3. The Balaban J connectivity index is 1.66. The lowest BCUT2D eigenvalue weighted by molar-refractivity contribution is 0.102. The molecule has 0 saturated carbocycles. The topological polar surface area (TPSA) is 80.2 Å². The molecule has 0 atom stereocenters. The smallest absolute Gasteiger partial charge is 0.261 e. The number of carbonyl (C=O) groups excluding carboxylic acids is 1. The Morgan fingerprint density at radius 3 is 2.16 bits per heavy atom. The quantitative estimate of drug-likeness (QED) is 0.360. The van der Waals surface area contributed by atoms with E-state index in [9.17, 15) is 13.2 Å². The van der Waals surface area contributed by atoms with E-state index in [1.54, 1.807) is 12.1 Å². The number of carbonyl (C=O) groups is 1. The number of aromatic nitrogens is 1. The van der Waals surface area contributed by atoms with Crippen LogP contribution in [0.5, 0.6) is 0 Å². The molecule has 162 valence electrons. The summed E-state index contributed by atoms with van der Waals surface area (Å²) in [4.78, 5) is 13.2. The summed E-state index contributed by atoms with van der Waals surface area (Å²) < 4.78 is 30.0. The molecule has 9 heteroatoms. The summed E-state index contributed by atoms with van der Waals surface area (Å²) >= 11 is 12.0. The molecule has 0 saturated heterocycles. The SMILES string of the molecule is O=C(Nc1ccccc1-n1cccc1)c1cc(Cl)ccc1NS(=O)(=O)c1ccc(Cl)cc1. The van der Waals surface area contributed by atoms with Crippen molar-refractivity contribution in [1.29, 1.82) is 0 Å². The summed E-state index contributed by atoms with van der Waals surface area (Å²) in [5, 5.41) is 3.55. The molecule has 1 amide bonds. The number of halogens is 2. The van der Waals surface area contributed by atoms with Gasteiger partial charge in [-0.3, -0.25) is 9.52 Å². The van der Waals surface area contributed by atoms with Crippen molar-refractivity contribution in [3.05, 3.63) is 107 Å². The van der Waals surface area contributed by atoms with Gasteiger partial charge in [0.25, 0.3) is 15.9 Å². The van der Waals surface area contributed by atoms with E-state index in [4.69, 9.17) is 23.2 Å². The van der Waals surface area contributed by atoms with Gasteiger partial charge in [0.05, 0.1) is 27.5 Å². The molecule has 0 spiro atoms. The Morgan fingerprint density at radius 2 is 1.44 bits per heavy atom. The van der Waals surface area contributed by atoms with Crippen LogP contribution < -0.4 is 10.0 Å². The first kappa shape index (κ1) is 22.0. The number of nitrogens with one attached hydrogen (secondary N) is 2. The minimum absolute atomic E-state index is 0.0150. The molecule has 0 bridgehead atoms. The molecule has 1 aromatic heterocycles. The number of sulfonamides is 1. The predicted molar refractivity (Wildman–Crippen MR) is 127 cm³/mol. The third-order valence-corrected chi connectivity index (χ3v) is 6.50. The Bertz CT molecular complexity index is 1370. The van der Waals surface area contributed by atoms with Crippen LogP contribution in [0.25, 0.3) is 5.69 Å². The zero-order valence-electron chi connectivity index (χ0n) is 16.5. The molecule has 0 fully saturated rings. The molecular formula is C23H17Cl2N3O3S. The molecule has 4 aromatic rings. The van der Waals surface area contributed by atoms with Crippen molar-refractivity contribution in [3.63, 3.8) is 0 Å². The van der Waals surface area contributed by atoms with Gasteiger partial charge in [0, 0.05) is 22.4 Å². The molecule has 0 aliphatic heterocycles. The third kappa shape index (κ3) is 4.80.